The fraction of sp³-hybridized carbons (Fsp3) is 0.556. The van der Waals surface area contributed by atoms with Gasteiger partial charge in [0.1, 0.15) is 5.70 Å². The SMILES string of the molecule is C=C(NC(C)/C(C)=C\OC)C(F)(F)F. The van der Waals surface area contributed by atoms with Crippen molar-refractivity contribution in [1.82, 2.24) is 5.32 Å². The van der Waals surface area contributed by atoms with E-state index in [0.717, 1.165) is 0 Å². The smallest absolute Gasteiger partial charge is 0.430 e. The highest BCUT2D eigenvalue weighted by atomic mass is 19.4. The molecule has 0 aromatic heterocycles. The molecule has 1 atom stereocenters. The van der Waals surface area contributed by atoms with Gasteiger partial charge in [0.2, 0.25) is 0 Å². The molecule has 5 heteroatoms. The average Bonchev–Trinajstić information content (AvgIpc) is 2.02. The lowest BCUT2D eigenvalue weighted by Gasteiger charge is -2.19. The van der Waals surface area contributed by atoms with Crippen LogP contribution in [-0.2, 0) is 4.74 Å². The summed E-state index contributed by atoms with van der Waals surface area (Å²) in [5, 5.41) is 2.24. The van der Waals surface area contributed by atoms with Gasteiger partial charge in [-0.1, -0.05) is 6.58 Å². The zero-order valence-electron chi connectivity index (χ0n) is 8.40. The van der Waals surface area contributed by atoms with Gasteiger partial charge in [-0.25, -0.2) is 0 Å². The first-order valence-corrected chi connectivity index (χ1v) is 4.01. The summed E-state index contributed by atoms with van der Waals surface area (Å²) >= 11 is 0. The molecule has 82 valence electrons. The van der Waals surface area contributed by atoms with Gasteiger partial charge in [0.25, 0.3) is 0 Å². The number of hydrogen-bond acceptors (Lipinski definition) is 2. The molecule has 0 heterocycles. The summed E-state index contributed by atoms with van der Waals surface area (Å²) in [5.74, 6) is 0. The van der Waals surface area contributed by atoms with Crippen molar-refractivity contribution >= 4 is 0 Å². The molecule has 0 fully saturated rings. The van der Waals surface area contributed by atoms with Crippen molar-refractivity contribution < 1.29 is 17.9 Å². The Morgan fingerprint density at radius 3 is 2.36 bits per heavy atom. The molecule has 1 N–H and O–H groups in total. The van der Waals surface area contributed by atoms with Crippen molar-refractivity contribution in [3.05, 3.63) is 24.1 Å². The minimum Gasteiger partial charge on any atom is -0.504 e. The van der Waals surface area contributed by atoms with Gasteiger partial charge in [0, 0.05) is 6.04 Å². The Morgan fingerprint density at radius 1 is 1.50 bits per heavy atom. The van der Waals surface area contributed by atoms with Crippen molar-refractivity contribution in [1.29, 1.82) is 0 Å². The second-order valence-corrected chi connectivity index (χ2v) is 2.94. The fourth-order valence-corrected chi connectivity index (χ4v) is 0.745. The number of allylic oxidation sites excluding steroid dienone is 1. The van der Waals surface area contributed by atoms with E-state index in [0.29, 0.717) is 5.57 Å². The number of nitrogens with one attached hydrogen (secondary N) is 1. The average molecular weight is 209 g/mol. The molecule has 0 amide bonds. The van der Waals surface area contributed by atoms with Crippen LogP contribution in [0.4, 0.5) is 13.2 Å². The summed E-state index contributed by atoms with van der Waals surface area (Å²) in [5.41, 5.74) is -0.285. The monoisotopic (exact) mass is 209 g/mol. The number of rotatable bonds is 4. The highest BCUT2D eigenvalue weighted by Crippen LogP contribution is 2.22. The number of methoxy groups -OCH3 is 1. The summed E-state index contributed by atoms with van der Waals surface area (Å²) in [6.45, 7) is 6.17. The van der Waals surface area contributed by atoms with Crippen LogP contribution < -0.4 is 5.32 Å². The quantitative estimate of drug-likeness (QED) is 0.718. The third-order valence-corrected chi connectivity index (χ3v) is 1.72. The first-order chi connectivity index (χ1) is 6.29. The van der Waals surface area contributed by atoms with E-state index >= 15 is 0 Å². The Hall–Kier alpha value is -1.13. The third-order valence-electron chi connectivity index (χ3n) is 1.72. The Labute approximate surface area is 81.4 Å². The molecule has 2 nitrogen and oxygen atoms in total. The van der Waals surface area contributed by atoms with E-state index < -0.39 is 17.9 Å². The molecule has 0 spiro atoms. The summed E-state index contributed by atoms with van der Waals surface area (Å²) in [6, 6.07) is -0.455. The van der Waals surface area contributed by atoms with Gasteiger partial charge in [0.05, 0.1) is 13.4 Å². The summed E-state index contributed by atoms with van der Waals surface area (Å²) in [7, 11) is 1.44. The van der Waals surface area contributed by atoms with Crippen molar-refractivity contribution in [2.45, 2.75) is 26.1 Å². The molecule has 0 aliphatic heterocycles. The van der Waals surface area contributed by atoms with Crippen molar-refractivity contribution in [2.24, 2.45) is 0 Å². The van der Waals surface area contributed by atoms with Crippen LogP contribution in [-0.4, -0.2) is 19.3 Å². The Balaban J connectivity index is 4.27. The Bertz CT molecular complexity index is 233. The van der Waals surface area contributed by atoms with Crippen LogP contribution in [0.3, 0.4) is 0 Å². The zero-order valence-corrected chi connectivity index (χ0v) is 8.40. The van der Waals surface area contributed by atoms with Gasteiger partial charge in [-0.15, -0.1) is 0 Å². The van der Waals surface area contributed by atoms with E-state index in [4.69, 9.17) is 0 Å². The lowest BCUT2D eigenvalue weighted by Crippen LogP contribution is -2.33. The number of halogens is 3. The fourth-order valence-electron chi connectivity index (χ4n) is 0.745. The van der Waals surface area contributed by atoms with Crippen LogP contribution in [0.1, 0.15) is 13.8 Å². The van der Waals surface area contributed by atoms with Gasteiger partial charge < -0.3 is 10.1 Å². The third kappa shape index (κ3) is 4.20. The first kappa shape index (κ1) is 12.9. The first-order valence-electron chi connectivity index (χ1n) is 4.01. The van der Waals surface area contributed by atoms with Crippen LogP contribution in [0, 0.1) is 0 Å². The highest BCUT2D eigenvalue weighted by molar-refractivity contribution is 5.10. The molecule has 0 saturated carbocycles. The molecular weight excluding hydrogens is 195 g/mol. The standard InChI is InChI=1S/C9H14F3NO/c1-6(5-14-4)7(2)13-8(3)9(10,11)12/h5,7,13H,3H2,1-2,4H3/b6-5-. The van der Waals surface area contributed by atoms with Crippen LogP contribution in [0.5, 0.6) is 0 Å². The second-order valence-electron chi connectivity index (χ2n) is 2.94. The topological polar surface area (TPSA) is 21.3 Å². The van der Waals surface area contributed by atoms with Crippen LogP contribution in [0.15, 0.2) is 24.1 Å². The lowest BCUT2D eigenvalue weighted by molar-refractivity contribution is -0.0968. The van der Waals surface area contributed by atoms with Gasteiger partial charge >= 0.3 is 6.18 Å². The predicted octanol–water partition coefficient (Wildman–Crippen LogP) is 2.59. The van der Waals surface area contributed by atoms with E-state index in [2.05, 4.69) is 16.6 Å². The van der Waals surface area contributed by atoms with E-state index in [1.807, 2.05) is 0 Å². The molecule has 0 aromatic carbocycles. The second kappa shape index (κ2) is 4.93. The maximum Gasteiger partial charge on any atom is 0.430 e. The van der Waals surface area contributed by atoms with Gasteiger partial charge in [0.15, 0.2) is 0 Å². The molecule has 14 heavy (non-hydrogen) atoms. The number of ether oxygens (including phenoxy) is 1. The molecular formula is C9H14F3NO. The van der Waals surface area contributed by atoms with E-state index in [9.17, 15) is 13.2 Å². The maximum absolute atomic E-state index is 12.0. The molecule has 0 rings (SSSR count). The molecule has 0 aromatic rings. The predicted molar refractivity (Wildman–Crippen MR) is 48.6 cm³/mol. The lowest BCUT2D eigenvalue weighted by atomic mass is 10.1. The van der Waals surface area contributed by atoms with E-state index in [1.165, 1.54) is 13.4 Å². The van der Waals surface area contributed by atoms with E-state index in [-0.39, 0.29) is 0 Å². The number of alkyl halides is 3. The molecule has 0 bridgehead atoms. The number of hydrogen-bond donors (Lipinski definition) is 1. The highest BCUT2D eigenvalue weighted by Gasteiger charge is 2.32. The molecule has 0 saturated heterocycles. The summed E-state index contributed by atoms with van der Waals surface area (Å²) < 4.78 is 40.8. The van der Waals surface area contributed by atoms with Crippen molar-refractivity contribution in [2.75, 3.05) is 7.11 Å². The minimum atomic E-state index is -4.40. The summed E-state index contributed by atoms with van der Waals surface area (Å²) in [6.07, 6.45) is -3.01. The molecule has 0 aliphatic carbocycles. The van der Waals surface area contributed by atoms with Gasteiger partial charge in [-0.05, 0) is 19.4 Å². The zero-order chi connectivity index (χ0) is 11.4. The molecule has 0 radical (unpaired) electrons. The van der Waals surface area contributed by atoms with Gasteiger partial charge in [-0.3, -0.25) is 0 Å². The maximum atomic E-state index is 12.0. The van der Waals surface area contributed by atoms with Crippen LogP contribution in [0.2, 0.25) is 0 Å². The summed E-state index contributed by atoms with van der Waals surface area (Å²) in [4.78, 5) is 0. The van der Waals surface area contributed by atoms with E-state index in [1.54, 1.807) is 13.8 Å². The normalized spacial score (nSPS) is 14.9. The molecule has 0 aliphatic rings. The van der Waals surface area contributed by atoms with Crippen LogP contribution >= 0.6 is 0 Å². The molecule has 1 unspecified atom stereocenters. The Morgan fingerprint density at radius 2 is 2.00 bits per heavy atom. The minimum absolute atomic E-state index is 0.455. The van der Waals surface area contributed by atoms with Crippen molar-refractivity contribution in [3.63, 3.8) is 0 Å². The Kier molecular flexibility index (Phi) is 4.53. The largest absolute Gasteiger partial charge is 0.504 e. The van der Waals surface area contributed by atoms with Crippen molar-refractivity contribution in [3.8, 4) is 0 Å². The van der Waals surface area contributed by atoms with Crippen LogP contribution in [0.25, 0.3) is 0 Å². The van der Waals surface area contributed by atoms with Gasteiger partial charge in [-0.2, -0.15) is 13.2 Å².